The minimum Gasteiger partial charge on any atom is -0.399 e. The third kappa shape index (κ3) is 2.47. The standard InChI is InChI=1S/C18H22BFN4O2/c1-17(2)18(3,4)26-19(25-17)13-7-12-15(8-14(13)20)24(6)22-16(12)11-9-21-23(5)10-11/h7-10H,1-6H3. The Labute approximate surface area is 152 Å². The zero-order chi connectivity index (χ0) is 18.9. The number of hydrogen-bond acceptors (Lipinski definition) is 4. The zero-order valence-electron chi connectivity index (χ0n) is 15.9. The molecule has 1 saturated heterocycles. The molecule has 0 atom stereocenters. The average molecular weight is 356 g/mol. The fraction of sp³-hybridized carbons (Fsp3) is 0.444. The molecule has 2 aromatic heterocycles. The van der Waals surface area contributed by atoms with E-state index < -0.39 is 18.3 Å². The molecule has 1 aliphatic rings. The van der Waals surface area contributed by atoms with Crippen LogP contribution < -0.4 is 5.46 Å². The molecule has 1 aliphatic heterocycles. The van der Waals surface area contributed by atoms with Crippen LogP contribution in [0.3, 0.4) is 0 Å². The maximum Gasteiger partial charge on any atom is 0.497 e. The molecule has 1 fully saturated rings. The molecule has 0 radical (unpaired) electrons. The van der Waals surface area contributed by atoms with Crippen LogP contribution in [0.1, 0.15) is 27.7 Å². The fourth-order valence-corrected chi connectivity index (χ4v) is 3.20. The van der Waals surface area contributed by atoms with Crippen LogP contribution in [0.25, 0.3) is 22.2 Å². The third-order valence-electron chi connectivity index (χ3n) is 5.45. The third-order valence-corrected chi connectivity index (χ3v) is 5.45. The van der Waals surface area contributed by atoms with E-state index in [9.17, 15) is 4.39 Å². The second-order valence-electron chi connectivity index (χ2n) is 7.85. The quantitative estimate of drug-likeness (QED) is 0.662. The molecule has 3 aromatic rings. The summed E-state index contributed by atoms with van der Waals surface area (Å²) in [5.41, 5.74) is 1.68. The Morgan fingerprint density at radius 1 is 1.08 bits per heavy atom. The van der Waals surface area contributed by atoms with E-state index in [0.717, 1.165) is 16.6 Å². The van der Waals surface area contributed by atoms with Gasteiger partial charge in [0.15, 0.2) is 0 Å². The summed E-state index contributed by atoms with van der Waals surface area (Å²) < 4.78 is 30.3. The van der Waals surface area contributed by atoms with Gasteiger partial charge in [-0.3, -0.25) is 9.36 Å². The molecule has 0 bridgehead atoms. The van der Waals surface area contributed by atoms with Crippen LogP contribution in [-0.4, -0.2) is 37.9 Å². The molecule has 1 aromatic carbocycles. The molecule has 0 spiro atoms. The first kappa shape index (κ1) is 17.2. The Bertz CT molecular complexity index is 992. The number of fused-ring (bicyclic) bond motifs is 1. The van der Waals surface area contributed by atoms with Gasteiger partial charge in [-0.25, -0.2) is 4.39 Å². The van der Waals surface area contributed by atoms with Crippen LogP contribution in [0.2, 0.25) is 0 Å². The van der Waals surface area contributed by atoms with Gasteiger partial charge in [0.1, 0.15) is 11.5 Å². The number of benzene rings is 1. The van der Waals surface area contributed by atoms with E-state index in [1.165, 1.54) is 6.07 Å². The Balaban J connectivity index is 1.86. The topological polar surface area (TPSA) is 54.1 Å². The van der Waals surface area contributed by atoms with Crippen molar-refractivity contribution in [1.29, 1.82) is 0 Å². The van der Waals surface area contributed by atoms with Crippen molar-refractivity contribution in [2.45, 2.75) is 38.9 Å². The highest BCUT2D eigenvalue weighted by molar-refractivity contribution is 6.62. The minimum atomic E-state index is -0.758. The van der Waals surface area contributed by atoms with Crippen molar-refractivity contribution in [3.63, 3.8) is 0 Å². The summed E-state index contributed by atoms with van der Waals surface area (Å²) in [4.78, 5) is 0. The van der Waals surface area contributed by atoms with Crippen LogP contribution >= 0.6 is 0 Å². The fourth-order valence-electron chi connectivity index (χ4n) is 3.20. The summed E-state index contributed by atoms with van der Waals surface area (Å²) in [5, 5.41) is 9.60. The molecular formula is C18H22BFN4O2. The maximum absolute atomic E-state index is 14.9. The Morgan fingerprint density at radius 3 is 2.31 bits per heavy atom. The summed E-state index contributed by atoms with van der Waals surface area (Å²) in [6, 6.07) is 3.27. The summed E-state index contributed by atoms with van der Waals surface area (Å²) in [6.45, 7) is 7.81. The van der Waals surface area contributed by atoms with Gasteiger partial charge < -0.3 is 9.31 Å². The van der Waals surface area contributed by atoms with Crippen molar-refractivity contribution in [1.82, 2.24) is 19.6 Å². The van der Waals surface area contributed by atoms with Crippen molar-refractivity contribution in [2.75, 3.05) is 0 Å². The van der Waals surface area contributed by atoms with Crippen molar-refractivity contribution < 1.29 is 13.7 Å². The molecule has 6 nitrogen and oxygen atoms in total. The van der Waals surface area contributed by atoms with Gasteiger partial charge in [0.25, 0.3) is 0 Å². The number of aromatic nitrogens is 4. The SMILES string of the molecule is Cn1cc(-c2nn(C)c3cc(F)c(B4OC(C)(C)C(C)(C)O4)cc23)cn1. The van der Waals surface area contributed by atoms with Gasteiger partial charge in [0.2, 0.25) is 0 Å². The van der Waals surface area contributed by atoms with Gasteiger partial charge >= 0.3 is 7.12 Å². The van der Waals surface area contributed by atoms with Gasteiger partial charge in [-0.15, -0.1) is 0 Å². The van der Waals surface area contributed by atoms with E-state index in [1.54, 1.807) is 28.7 Å². The Kier molecular flexibility index (Phi) is 3.58. The molecule has 4 rings (SSSR count). The summed E-state index contributed by atoms with van der Waals surface area (Å²) in [5.74, 6) is -0.364. The van der Waals surface area contributed by atoms with Crippen molar-refractivity contribution in [3.8, 4) is 11.3 Å². The van der Waals surface area contributed by atoms with Crippen LogP contribution in [0.4, 0.5) is 4.39 Å². The van der Waals surface area contributed by atoms with Gasteiger partial charge in [0, 0.05) is 36.7 Å². The molecule has 0 aliphatic carbocycles. The molecule has 8 heteroatoms. The van der Waals surface area contributed by atoms with E-state index in [-0.39, 0.29) is 5.82 Å². The van der Waals surface area contributed by atoms with E-state index in [2.05, 4.69) is 10.2 Å². The zero-order valence-corrected chi connectivity index (χ0v) is 15.9. The van der Waals surface area contributed by atoms with Gasteiger partial charge in [-0.1, -0.05) is 0 Å². The molecule has 0 N–H and O–H groups in total. The van der Waals surface area contributed by atoms with E-state index in [0.29, 0.717) is 11.0 Å². The van der Waals surface area contributed by atoms with Gasteiger partial charge in [-0.2, -0.15) is 10.2 Å². The van der Waals surface area contributed by atoms with E-state index >= 15 is 0 Å². The highest BCUT2D eigenvalue weighted by Gasteiger charge is 2.52. The summed E-state index contributed by atoms with van der Waals surface area (Å²) in [7, 11) is 2.89. The number of rotatable bonds is 2. The lowest BCUT2D eigenvalue weighted by Crippen LogP contribution is -2.41. The predicted octanol–water partition coefficient (Wildman–Crippen LogP) is 2.41. The number of halogens is 1. The Morgan fingerprint density at radius 2 is 1.73 bits per heavy atom. The second kappa shape index (κ2) is 5.41. The van der Waals surface area contributed by atoms with Crippen molar-refractivity contribution in [3.05, 3.63) is 30.3 Å². The lowest BCUT2D eigenvalue weighted by molar-refractivity contribution is 0.00578. The first-order valence-electron chi connectivity index (χ1n) is 8.60. The minimum absolute atomic E-state index is 0.364. The smallest absolute Gasteiger partial charge is 0.399 e. The predicted molar refractivity (Wildman–Crippen MR) is 98.6 cm³/mol. The van der Waals surface area contributed by atoms with Crippen molar-refractivity contribution in [2.24, 2.45) is 14.1 Å². The van der Waals surface area contributed by atoms with Crippen LogP contribution in [0.5, 0.6) is 0 Å². The van der Waals surface area contributed by atoms with E-state index in [4.69, 9.17) is 9.31 Å². The van der Waals surface area contributed by atoms with Gasteiger partial charge in [-0.05, 0) is 39.8 Å². The molecule has 0 amide bonds. The number of nitrogens with zero attached hydrogens (tertiary/aromatic N) is 4. The monoisotopic (exact) mass is 356 g/mol. The van der Waals surface area contributed by atoms with Crippen LogP contribution in [-0.2, 0) is 23.4 Å². The van der Waals surface area contributed by atoms with Gasteiger partial charge in [0.05, 0.1) is 22.9 Å². The summed E-state index contributed by atoms with van der Waals surface area (Å²) in [6.07, 6.45) is 3.64. The molecule has 26 heavy (non-hydrogen) atoms. The maximum atomic E-state index is 14.9. The molecule has 0 unspecified atom stereocenters. The van der Waals surface area contributed by atoms with Crippen molar-refractivity contribution >= 4 is 23.5 Å². The van der Waals surface area contributed by atoms with E-state index in [1.807, 2.05) is 40.9 Å². The normalized spacial score (nSPS) is 18.8. The van der Waals surface area contributed by atoms with Crippen LogP contribution in [0, 0.1) is 5.82 Å². The highest BCUT2D eigenvalue weighted by atomic mass is 19.1. The number of hydrogen-bond donors (Lipinski definition) is 0. The highest BCUT2D eigenvalue weighted by Crippen LogP contribution is 2.37. The first-order chi connectivity index (χ1) is 12.1. The second-order valence-corrected chi connectivity index (χ2v) is 7.85. The lowest BCUT2D eigenvalue weighted by atomic mass is 9.78. The lowest BCUT2D eigenvalue weighted by Gasteiger charge is -2.32. The molecular weight excluding hydrogens is 334 g/mol. The summed E-state index contributed by atoms with van der Waals surface area (Å²) >= 11 is 0. The number of aryl methyl sites for hydroxylation is 2. The largest absolute Gasteiger partial charge is 0.497 e. The molecule has 136 valence electrons. The molecule has 0 saturated carbocycles. The first-order valence-corrected chi connectivity index (χ1v) is 8.60. The Hall–Kier alpha value is -2.19. The van der Waals surface area contributed by atoms with Crippen LogP contribution in [0.15, 0.2) is 24.5 Å². The average Bonchev–Trinajstić information content (AvgIpc) is 3.15. The molecule has 3 heterocycles.